The summed E-state index contributed by atoms with van der Waals surface area (Å²) in [6.45, 7) is 7.31. The molecular weight excluding hydrogens is 292 g/mol. The molecule has 7 nitrogen and oxygen atoms in total. The van der Waals surface area contributed by atoms with Crippen LogP contribution in [0.1, 0.15) is 20.8 Å². The second-order valence-electron chi connectivity index (χ2n) is 4.89. The van der Waals surface area contributed by atoms with Crippen LogP contribution in [0.4, 0.5) is 0 Å². The number of carbonyl (C=O) groups is 2. The molecule has 1 rings (SSSR count). The van der Waals surface area contributed by atoms with Gasteiger partial charge in [0.25, 0.3) is 5.79 Å². The Morgan fingerprint density at radius 3 is 2.36 bits per heavy atom. The van der Waals surface area contributed by atoms with Crippen molar-refractivity contribution >= 4 is 11.9 Å². The van der Waals surface area contributed by atoms with E-state index in [0.29, 0.717) is 5.75 Å². The summed E-state index contributed by atoms with van der Waals surface area (Å²) in [5, 5.41) is 9.10. The first-order valence-electron chi connectivity index (χ1n) is 6.39. The van der Waals surface area contributed by atoms with Crippen LogP contribution in [0.5, 0.6) is 11.5 Å². The van der Waals surface area contributed by atoms with Crippen molar-refractivity contribution in [3.63, 3.8) is 0 Å². The van der Waals surface area contributed by atoms with E-state index in [-0.39, 0.29) is 11.3 Å². The van der Waals surface area contributed by atoms with Gasteiger partial charge in [0.2, 0.25) is 0 Å². The lowest BCUT2D eigenvalue weighted by Crippen LogP contribution is -2.33. The maximum absolute atomic E-state index is 11.5. The quantitative estimate of drug-likeness (QED) is 0.271. The van der Waals surface area contributed by atoms with Crippen molar-refractivity contribution in [2.45, 2.75) is 26.6 Å². The second kappa shape index (κ2) is 7.46. The molecule has 120 valence electrons. The molecule has 0 saturated carbocycles. The summed E-state index contributed by atoms with van der Waals surface area (Å²) in [5.41, 5.74) is 0.193. The summed E-state index contributed by atoms with van der Waals surface area (Å²) in [6, 6.07) is 5.80. The number of carbonyl (C=O) groups excluding carboxylic acids is 2. The molecule has 22 heavy (non-hydrogen) atoms. The molecule has 0 aliphatic heterocycles. The van der Waals surface area contributed by atoms with Gasteiger partial charge in [-0.2, -0.15) is 0 Å². The van der Waals surface area contributed by atoms with Gasteiger partial charge in [0.05, 0.1) is 0 Å². The molecule has 0 spiro atoms. The van der Waals surface area contributed by atoms with Gasteiger partial charge in [-0.25, -0.2) is 9.59 Å². The summed E-state index contributed by atoms with van der Waals surface area (Å²) in [6.07, 6.45) is 0. The van der Waals surface area contributed by atoms with Gasteiger partial charge in [-0.3, -0.25) is 4.89 Å². The van der Waals surface area contributed by atoms with Gasteiger partial charge in [-0.15, -0.1) is 4.89 Å². The minimum absolute atomic E-state index is 0.0827. The number of hydrogen-bond donors (Lipinski definition) is 1. The van der Waals surface area contributed by atoms with E-state index in [1.165, 1.54) is 45.0 Å². The third-order valence-electron chi connectivity index (χ3n) is 2.22. The van der Waals surface area contributed by atoms with Crippen molar-refractivity contribution in [2.24, 2.45) is 0 Å². The van der Waals surface area contributed by atoms with E-state index in [9.17, 15) is 9.59 Å². The van der Waals surface area contributed by atoms with Crippen LogP contribution in [0.2, 0.25) is 0 Å². The maximum Gasteiger partial charge on any atom is 0.379 e. The first-order chi connectivity index (χ1) is 10.2. The monoisotopic (exact) mass is 310 g/mol. The molecule has 0 aliphatic rings. The van der Waals surface area contributed by atoms with Gasteiger partial charge >= 0.3 is 11.9 Å². The predicted molar refractivity (Wildman–Crippen MR) is 75.8 cm³/mol. The Kier molecular flexibility index (Phi) is 5.94. The Labute approximate surface area is 128 Å². The lowest BCUT2D eigenvalue weighted by Gasteiger charge is -2.22. The number of aromatic hydroxyl groups is 1. The highest BCUT2D eigenvalue weighted by molar-refractivity contribution is 5.87. The molecule has 0 aromatic heterocycles. The molecule has 0 aliphatic carbocycles. The van der Waals surface area contributed by atoms with Gasteiger partial charge in [0, 0.05) is 19.4 Å². The third-order valence-corrected chi connectivity index (χ3v) is 2.22. The molecule has 0 radical (unpaired) electrons. The fourth-order valence-electron chi connectivity index (χ4n) is 1.18. The van der Waals surface area contributed by atoms with E-state index >= 15 is 0 Å². The van der Waals surface area contributed by atoms with Crippen LogP contribution >= 0.6 is 0 Å². The summed E-state index contributed by atoms with van der Waals surface area (Å²) in [4.78, 5) is 32.1. The minimum atomic E-state index is -1.45. The SMILES string of the molecule is C=C(C)C(=O)OC(C)(C)OOC(=O)COc1ccc(O)cc1. The van der Waals surface area contributed by atoms with Crippen LogP contribution in [0.25, 0.3) is 0 Å². The van der Waals surface area contributed by atoms with Crippen LogP contribution in [0.15, 0.2) is 36.4 Å². The zero-order valence-electron chi connectivity index (χ0n) is 12.6. The Bertz CT molecular complexity index is 546. The number of benzene rings is 1. The average molecular weight is 310 g/mol. The lowest BCUT2D eigenvalue weighted by molar-refractivity contribution is -0.381. The topological polar surface area (TPSA) is 91.3 Å². The molecule has 1 aromatic rings. The lowest BCUT2D eigenvalue weighted by atomic mass is 10.3. The van der Waals surface area contributed by atoms with Gasteiger partial charge in [0.15, 0.2) is 6.61 Å². The predicted octanol–water partition coefficient (Wildman–Crippen LogP) is 2.10. The smallest absolute Gasteiger partial charge is 0.379 e. The number of hydrogen-bond acceptors (Lipinski definition) is 7. The van der Waals surface area contributed by atoms with Crippen molar-refractivity contribution < 1.29 is 33.9 Å². The zero-order chi connectivity index (χ0) is 16.8. The highest BCUT2D eigenvalue weighted by Crippen LogP contribution is 2.16. The van der Waals surface area contributed by atoms with Crippen LogP contribution in [0.3, 0.4) is 0 Å². The molecule has 0 fully saturated rings. The number of phenols is 1. The molecular formula is C15H18O7. The Balaban J connectivity index is 2.37. The van der Waals surface area contributed by atoms with Crippen LogP contribution in [-0.4, -0.2) is 29.4 Å². The molecule has 1 aromatic carbocycles. The van der Waals surface area contributed by atoms with E-state index in [2.05, 4.69) is 11.5 Å². The van der Waals surface area contributed by atoms with E-state index < -0.39 is 24.3 Å². The fraction of sp³-hybridized carbons (Fsp3) is 0.333. The highest BCUT2D eigenvalue weighted by atomic mass is 17.2. The van der Waals surface area contributed by atoms with Crippen LogP contribution in [0, 0.1) is 0 Å². The summed E-state index contributed by atoms with van der Waals surface area (Å²) >= 11 is 0. The molecule has 0 bridgehead atoms. The molecule has 0 atom stereocenters. The molecule has 1 N–H and O–H groups in total. The summed E-state index contributed by atoms with van der Waals surface area (Å²) in [7, 11) is 0. The minimum Gasteiger partial charge on any atom is -0.508 e. The van der Waals surface area contributed by atoms with Gasteiger partial charge in [-0.1, -0.05) is 6.58 Å². The molecule has 0 heterocycles. The van der Waals surface area contributed by atoms with Crippen LogP contribution < -0.4 is 4.74 Å². The first-order valence-corrected chi connectivity index (χ1v) is 6.39. The third kappa shape index (κ3) is 6.27. The average Bonchev–Trinajstić information content (AvgIpc) is 2.44. The van der Waals surface area contributed by atoms with Gasteiger partial charge in [0.1, 0.15) is 11.5 Å². The molecule has 0 amide bonds. The van der Waals surface area contributed by atoms with Crippen molar-refractivity contribution in [3.05, 3.63) is 36.4 Å². The molecule has 0 saturated heterocycles. The normalized spacial score (nSPS) is 10.7. The van der Waals surface area contributed by atoms with Gasteiger partial charge in [-0.05, 0) is 31.2 Å². The Morgan fingerprint density at radius 1 is 1.23 bits per heavy atom. The van der Waals surface area contributed by atoms with E-state index in [1.807, 2.05) is 0 Å². The number of esters is 1. The van der Waals surface area contributed by atoms with E-state index in [4.69, 9.17) is 19.5 Å². The van der Waals surface area contributed by atoms with Crippen molar-refractivity contribution in [1.29, 1.82) is 0 Å². The Hall–Kier alpha value is -2.54. The molecule has 7 heteroatoms. The van der Waals surface area contributed by atoms with Gasteiger partial charge < -0.3 is 14.6 Å². The highest BCUT2D eigenvalue weighted by Gasteiger charge is 2.27. The van der Waals surface area contributed by atoms with E-state index in [0.717, 1.165) is 0 Å². The second-order valence-corrected chi connectivity index (χ2v) is 4.89. The number of rotatable bonds is 7. The standard InChI is InChI=1S/C15H18O7/c1-10(2)14(18)20-15(3,4)22-21-13(17)9-19-12-7-5-11(16)6-8-12/h5-8,16H,1,9H2,2-4H3. The van der Waals surface area contributed by atoms with Crippen LogP contribution in [-0.2, 0) is 24.1 Å². The van der Waals surface area contributed by atoms with Crippen molar-refractivity contribution in [3.8, 4) is 11.5 Å². The number of ether oxygens (including phenoxy) is 2. The fourth-order valence-corrected chi connectivity index (χ4v) is 1.18. The Morgan fingerprint density at radius 2 is 1.82 bits per heavy atom. The largest absolute Gasteiger partial charge is 0.508 e. The zero-order valence-corrected chi connectivity index (χ0v) is 12.6. The summed E-state index contributed by atoms with van der Waals surface area (Å²) in [5.74, 6) is -2.47. The molecule has 0 unspecified atom stereocenters. The van der Waals surface area contributed by atoms with Crippen molar-refractivity contribution in [2.75, 3.05) is 6.61 Å². The first kappa shape index (κ1) is 17.5. The summed E-state index contributed by atoms with van der Waals surface area (Å²) < 4.78 is 10.0. The number of phenolic OH excluding ortho intramolecular Hbond substituents is 1. The van der Waals surface area contributed by atoms with E-state index in [1.54, 1.807) is 0 Å². The van der Waals surface area contributed by atoms with Crippen molar-refractivity contribution in [1.82, 2.24) is 0 Å². The maximum atomic E-state index is 11.5.